The molecule has 0 atom stereocenters. The van der Waals surface area contributed by atoms with Crippen molar-refractivity contribution in [2.75, 3.05) is 0 Å². The largest absolute Gasteiger partial charge is 0.445 e. The third-order valence-corrected chi connectivity index (χ3v) is 2.30. The van der Waals surface area contributed by atoms with E-state index in [1.165, 1.54) is 0 Å². The van der Waals surface area contributed by atoms with Gasteiger partial charge in [0, 0.05) is 6.20 Å². The Labute approximate surface area is 109 Å². The summed E-state index contributed by atoms with van der Waals surface area (Å²) in [6.07, 6.45) is -3.84. The Balaban J connectivity index is 2.36. The lowest BCUT2D eigenvalue weighted by molar-refractivity contribution is -0.137. The van der Waals surface area contributed by atoms with E-state index in [9.17, 15) is 27.1 Å². The SMILES string of the molecule is [O]c1nccc(F)c1Oc1ccc(C(F)(F)F)cc1F. The fourth-order valence-electron chi connectivity index (χ4n) is 1.37. The van der Waals surface area contributed by atoms with Gasteiger partial charge in [-0.25, -0.2) is 13.8 Å². The van der Waals surface area contributed by atoms with Crippen molar-refractivity contribution in [1.82, 2.24) is 4.98 Å². The quantitative estimate of drug-likeness (QED) is 0.773. The lowest BCUT2D eigenvalue weighted by atomic mass is 10.2. The van der Waals surface area contributed by atoms with Crippen molar-refractivity contribution < 1.29 is 31.8 Å². The molecular formula is C12H5F5NO2. The van der Waals surface area contributed by atoms with E-state index in [0.717, 1.165) is 12.3 Å². The molecular weight excluding hydrogens is 285 g/mol. The van der Waals surface area contributed by atoms with E-state index in [-0.39, 0.29) is 6.07 Å². The third kappa shape index (κ3) is 2.79. The van der Waals surface area contributed by atoms with Crippen LogP contribution in [0.4, 0.5) is 22.0 Å². The van der Waals surface area contributed by atoms with Crippen molar-refractivity contribution in [3.63, 3.8) is 0 Å². The van der Waals surface area contributed by atoms with Gasteiger partial charge in [-0.05, 0) is 24.3 Å². The standard InChI is InChI=1S/C12H5F5NO2/c13-7-3-4-18-11(19)10(7)20-9-2-1-6(5-8(9)14)12(15,16)17/h1-5H. The van der Waals surface area contributed by atoms with Crippen molar-refractivity contribution in [1.29, 1.82) is 0 Å². The summed E-state index contributed by atoms with van der Waals surface area (Å²) in [7, 11) is 0. The van der Waals surface area contributed by atoms with E-state index in [4.69, 9.17) is 0 Å². The fraction of sp³-hybridized carbons (Fsp3) is 0.0833. The number of halogens is 5. The predicted octanol–water partition coefficient (Wildman–Crippen LogP) is 4.31. The van der Waals surface area contributed by atoms with E-state index >= 15 is 0 Å². The second kappa shape index (κ2) is 4.95. The Morgan fingerprint density at radius 3 is 2.30 bits per heavy atom. The summed E-state index contributed by atoms with van der Waals surface area (Å²) in [5.74, 6) is -5.15. The lowest BCUT2D eigenvalue weighted by Crippen LogP contribution is -2.05. The van der Waals surface area contributed by atoms with Crippen LogP contribution < -0.4 is 4.74 Å². The van der Waals surface area contributed by atoms with Crippen molar-refractivity contribution in [3.05, 3.63) is 47.7 Å². The summed E-state index contributed by atoms with van der Waals surface area (Å²) in [6.45, 7) is 0. The van der Waals surface area contributed by atoms with Crippen molar-refractivity contribution in [2.45, 2.75) is 6.18 Å². The van der Waals surface area contributed by atoms with Gasteiger partial charge in [-0.15, -0.1) is 0 Å². The van der Waals surface area contributed by atoms with Crippen molar-refractivity contribution in [3.8, 4) is 17.4 Å². The second-order valence-electron chi connectivity index (χ2n) is 3.67. The van der Waals surface area contributed by atoms with Gasteiger partial charge in [0.2, 0.25) is 5.75 Å². The first-order valence-corrected chi connectivity index (χ1v) is 5.15. The molecule has 0 fully saturated rings. The number of hydrogen-bond donors (Lipinski definition) is 0. The number of alkyl halides is 3. The van der Waals surface area contributed by atoms with Gasteiger partial charge < -0.3 is 4.74 Å². The van der Waals surface area contributed by atoms with Gasteiger partial charge in [0.25, 0.3) is 0 Å². The van der Waals surface area contributed by atoms with Gasteiger partial charge in [-0.1, -0.05) is 0 Å². The first-order valence-electron chi connectivity index (χ1n) is 5.15. The smallest absolute Gasteiger partial charge is 0.416 e. The molecule has 0 unspecified atom stereocenters. The summed E-state index contributed by atoms with van der Waals surface area (Å²) >= 11 is 0. The van der Waals surface area contributed by atoms with Crippen LogP contribution in [0.25, 0.3) is 0 Å². The summed E-state index contributed by atoms with van der Waals surface area (Å²) in [5.41, 5.74) is -1.23. The van der Waals surface area contributed by atoms with E-state index in [0.29, 0.717) is 12.1 Å². The molecule has 0 N–H and O–H groups in total. The molecule has 2 aromatic rings. The lowest BCUT2D eigenvalue weighted by Gasteiger charge is -2.10. The van der Waals surface area contributed by atoms with Crippen LogP contribution in [0.2, 0.25) is 0 Å². The Morgan fingerprint density at radius 2 is 1.75 bits per heavy atom. The van der Waals surface area contributed by atoms with Gasteiger partial charge in [0.1, 0.15) is 0 Å². The molecule has 1 heterocycles. The summed E-state index contributed by atoms with van der Waals surface area (Å²) < 4.78 is 68.4. The fourth-order valence-corrected chi connectivity index (χ4v) is 1.37. The van der Waals surface area contributed by atoms with E-state index in [2.05, 4.69) is 9.72 Å². The molecule has 3 nitrogen and oxygen atoms in total. The molecule has 0 bridgehead atoms. The Bertz CT molecular complexity index is 622. The van der Waals surface area contributed by atoms with Crippen LogP contribution in [0, 0.1) is 11.6 Å². The highest BCUT2D eigenvalue weighted by atomic mass is 19.4. The Hall–Kier alpha value is -2.38. The number of nitrogens with zero attached hydrogens (tertiary/aromatic N) is 1. The zero-order valence-electron chi connectivity index (χ0n) is 9.54. The van der Waals surface area contributed by atoms with Gasteiger partial charge >= 0.3 is 12.1 Å². The molecule has 0 aliphatic heterocycles. The number of pyridine rings is 1. The molecule has 0 spiro atoms. The highest BCUT2D eigenvalue weighted by molar-refractivity contribution is 5.39. The van der Waals surface area contributed by atoms with E-state index < -0.39 is 40.8 Å². The number of aromatic nitrogens is 1. The van der Waals surface area contributed by atoms with Gasteiger partial charge in [0.05, 0.1) is 5.56 Å². The minimum absolute atomic E-state index is 0.189. The van der Waals surface area contributed by atoms with Crippen LogP contribution in [0.5, 0.6) is 17.4 Å². The molecule has 0 saturated heterocycles. The molecule has 0 aliphatic carbocycles. The number of benzene rings is 1. The summed E-state index contributed by atoms with van der Waals surface area (Å²) in [6, 6.07) is 2.20. The molecule has 8 heteroatoms. The molecule has 0 aliphatic rings. The summed E-state index contributed by atoms with van der Waals surface area (Å²) in [5, 5.41) is 11.2. The molecule has 1 aromatic heterocycles. The average Bonchev–Trinajstić information content (AvgIpc) is 2.34. The van der Waals surface area contributed by atoms with E-state index in [1.807, 2.05) is 0 Å². The topological polar surface area (TPSA) is 42.0 Å². The zero-order chi connectivity index (χ0) is 14.9. The molecule has 20 heavy (non-hydrogen) atoms. The first-order chi connectivity index (χ1) is 9.29. The summed E-state index contributed by atoms with van der Waals surface area (Å²) in [4.78, 5) is 3.20. The second-order valence-corrected chi connectivity index (χ2v) is 3.67. The first kappa shape index (κ1) is 14.0. The molecule has 0 saturated carbocycles. The van der Waals surface area contributed by atoms with Crippen LogP contribution in [-0.4, -0.2) is 4.98 Å². The highest BCUT2D eigenvalue weighted by Crippen LogP contribution is 2.36. The van der Waals surface area contributed by atoms with Crippen molar-refractivity contribution in [2.24, 2.45) is 0 Å². The van der Waals surface area contributed by atoms with Crippen LogP contribution >= 0.6 is 0 Å². The third-order valence-electron chi connectivity index (χ3n) is 2.30. The average molecular weight is 290 g/mol. The molecule has 1 aromatic carbocycles. The Morgan fingerprint density at radius 1 is 1.05 bits per heavy atom. The normalized spacial score (nSPS) is 11.4. The minimum Gasteiger partial charge on any atom is -0.445 e. The Kier molecular flexibility index (Phi) is 3.47. The maximum absolute atomic E-state index is 13.5. The monoisotopic (exact) mass is 290 g/mol. The minimum atomic E-state index is -4.72. The van der Waals surface area contributed by atoms with Crippen LogP contribution in [0.3, 0.4) is 0 Å². The molecule has 2 rings (SSSR count). The number of ether oxygens (including phenoxy) is 1. The molecule has 105 valence electrons. The van der Waals surface area contributed by atoms with Crippen LogP contribution in [-0.2, 0) is 11.3 Å². The highest BCUT2D eigenvalue weighted by Gasteiger charge is 2.31. The maximum Gasteiger partial charge on any atom is 0.416 e. The predicted molar refractivity (Wildman–Crippen MR) is 55.8 cm³/mol. The maximum atomic E-state index is 13.5. The molecule has 1 radical (unpaired) electrons. The number of hydrogen-bond acceptors (Lipinski definition) is 2. The van der Waals surface area contributed by atoms with Crippen molar-refractivity contribution >= 4 is 0 Å². The van der Waals surface area contributed by atoms with Crippen LogP contribution in [0.1, 0.15) is 5.56 Å². The van der Waals surface area contributed by atoms with Gasteiger partial charge in [-0.2, -0.15) is 13.2 Å². The molecule has 0 amide bonds. The number of rotatable bonds is 2. The van der Waals surface area contributed by atoms with E-state index in [1.54, 1.807) is 0 Å². The van der Waals surface area contributed by atoms with Gasteiger partial charge in [0.15, 0.2) is 17.4 Å². The zero-order valence-corrected chi connectivity index (χ0v) is 9.54. The van der Waals surface area contributed by atoms with Gasteiger partial charge in [-0.3, -0.25) is 5.11 Å². The van der Waals surface area contributed by atoms with Crippen LogP contribution in [0.15, 0.2) is 30.5 Å².